The maximum atomic E-state index is 12.5. The van der Waals surface area contributed by atoms with Gasteiger partial charge in [-0.3, -0.25) is 0 Å². The second-order valence-corrected chi connectivity index (χ2v) is 7.19. The van der Waals surface area contributed by atoms with E-state index in [-0.39, 0.29) is 10.6 Å². The standard InChI is InChI=1S/C11H14BrF3N2O2S/c1-7(2)17(6-11(13,14)15)20(18,19)8-3-4-9(12)10(16)5-8/h3-5,7H,6,16H2,1-2H3. The van der Waals surface area contributed by atoms with E-state index in [0.717, 1.165) is 6.07 Å². The Bertz CT molecular complexity index is 588. The minimum Gasteiger partial charge on any atom is -0.398 e. The van der Waals surface area contributed by atoms with Crippen molar-refractivity contribution < 1.29 is 21.6 Å². The van der Waals surface area contributed by atoms with Crippen LogP contribution in [0.3, 0.4) is 0 Å². The van der Waals surface area contributed by atoms with Crippen molar-refractivity contribution in [2.45, 2.75) is 31.0 Å². The van der Waals surface area contributed by atoms with Crippen molar-refractivity contribution in [3.05, 3.63) is 22.7 Å². The van der Waals surface area contributed by atoms with Crippen LogP contribution in [0.25, 0.3) is 0 Å². The summed E-state index contributed by atoms with van der Waals surface area (Å²) in [6.07, 6.45) is -4.61. The highest BCUT2D eigenvalue weighted by Crippen LogP contribution is 2.28. The second-order valence-electron chi connectivity index (χ2n) is 4.44. The molecule has 0 atom stereocenters. The topological polar surface area (TPSA) is 63.4 Å². The number of nitrogens with zero attached hydrogens (tertiary/aromatic N) is 1. The molecule has 0 aliphatic rings. The van der Waals surface area contributed by atoms with Crippen molar-refractivity contribution in [1.29, 1.82) is 0 Å². The van der Waals surface area contributed by atoms with Crippen LogP contribution in [0.4, 0.5) is 18.9 Å². The quantitative estimate of drug-likeness (QED) is 0.823. The van der Waals surface area contributed by atoms with Gasteiger partial charge in [-0.25, -0.2) is 8.42 Å². The molecule has 0 spiro atoms. The van der Waals surface area contributed by atoms with E-state index in [2.05, 4.69) is 15.9 Å². The van der Waals surface area contributed by atoms with Gasteiger partial charge in [-0.05, 0) is 48.0 Å². The molecule has 0 aliphatic carbocycles. The maximum Gasteiger partial charge on any atom is 0.402 e. The maximum absolute atomic E-state index is 12.5. The number of anilines is 1. The van der Waals surface area contributed by atoms with Crippen LogP contribution in [-0.4, -0.2) is 31.5 Å². The fraction of sp³-hybridized carbons (Fsp3) is 0.455. The minimum absolute atomic E-state index is 0.141. The number of sulfonamides is 1. The monoisotopic (exact) mass is 374 g/mol. The van der Waals surface area contributed by atoms with Crippen LogP contribution >= 0.6 is 15.9 Å². The molecule has 0 aromatic heterocycles. The van der Waals surface area contributed by atoms with Gasteiger partial charge in [0.25, 0.3) is 0 Å². The Labute approximate surface area is 123 Å². The number of hydrogen-bond donors (Lipinski definition) is 1. The molecular weight excluding hydrogens is 361 g/mol. The first-order valence-corrected chi connectivity index (χ1v) is 7.82. The lowest BCUT2D eigenvalue weighted by atomic mass is 10.3. The molecule has 1 aromatic rings. The number of hydrogen-bond acceptors (Lipinski definition) is 3. The number of rotatable bonds is 4. The Morgan fingerprint density at radius 3 is 2.30 bits per heavy atom. The predicted octanol–water partition coefficient (Wildman–Crippen LogP) is 2.99. The molecule has 9 heteroatoms. The summed E-state index contributed by atoms with van der Waals surface area (Å²) in [4.78, 5) is -0.267. The first kappa shape index (κ1) is 17.3. The van der Waals surface area contributed by atoms with Crippen LogP contribution in [0.15, 0.2) is 27.6 Å². The van der Waals surface area contributed by atoms with Gasteiger partial charge in [0.05, 0.1) is 4.90 Å². The Morgan fingerprint density at radius 1 is 1.35 bits per heavy atom. The molecule has 0 saturated carbocycles. The van der Waals surface area contributed by atoms with Crippen LogP contribution in [0.5, 0.6) is 0 Å². The SMILES string of the molecule is CC(C)N(CC(F)(F)F)S(=O)(=O)c1ccc(Br)c(N)c1. The summed E-state index contributed by atoms with van der Waals surface area (Å²) in [5.41, 5.74) is 5.71. The highest BCUT2D eigenvalue weighted by Gasteiger charge is 2.38. The summed E-state index contributed by atoms with van der Waals surface area (Å²) >= 11 is 3.10. The van der Waals surface area contributed by atoms with Gasteiger partial charge < -0.3 is 5.73 Å². The number of benzene rings is 1. The molecule has 0 amide bonds. The van der Waals surface area contributed by atoms with Gasteiger partial charge in [0, 0.05) is 16.2 Å². The highest BCUT2D eigenvalue weighted by atomic mass is 79.9. The summed E-state index contributed by atoms with van der Waals surface area (Å²) < 4.78 is 63.0. The van der Waals surface area contributed by atoms with Gasteiger partial charge in [0.2, 0.25) is 10.0 Å². The first-order chi connectivity index (χ1) is 8.95. The lowest BCUT2D eigenvalue weighted by Crippen LogP contribution is -2.43. The van der Waals surface area contributed by atoms with Crippen LogP contribution in [0, 0.1) is 0 Å². The molecule has 2 N–H and O–H groups in total. The molecule has 0 radical (unpaired) electrons. The van der Waals surface area contributed by atoms with E-state index in [0.29, 0.717) is 8.78 Å². The van der Waals surface area contributed by atoms with E-state index in [1.54, 1.807) is 0 Å². The van der Waals surface area contributed by atoms with Gasteiger partial charge >= 0.3 is 6.18 Å². The third kappa shape index (κ3) is 4.10. The van der Waals surface area contributed by atoms with E-state index in [4.69, 9.17) is 5.73 Å². The molecule has 4 nitrogen and oxygen atoms in total. The molecule has 0 heterocycles. The molecule has 20 heavy (non-hydrogen) atoms. The van der Waals surface area contributed by atoms with E-state index < -0.39 is 28.8 Å². The summed E-state index contributed by atoms with van der Waals surface area (Å²) in [5.74, 6) is 0. The van der Waals surface area contributed by atoms with E-state index in [1.165, 1.54) is 26.0 Å². The minimum atomic E-state index is -4.61. The normalized spacial score (nSPS) is 13.2. The smallest absolute Gasteiger partial charge is 0.398 e. The van der Waals surface area contributed by atoms with Gasteiger partial charge in [0.1, 0.15) is 6.54 Å². The fourth-order valence-corrected chi connectivity index (χ4v) is 3.44. The zero-order valence-electron chi connectivity index (χ0n) is 10.8. The second kappa shape index (κ2) is 5.90. The average Bonchev–Trinajstić information content (AvgIpc) is 2.28. The third-order valence-corrected chi connectivity index (χ3v) is 5.23. The molecule has 0 unspecified atom stereocenters. The summed E-state index contributed by atoms with van der Waals surface area (Å²) in [5, 5.41) is 0. The van der Waals surface area contributed by atoms with Gasteiger partial charge in [0.15, 0.2) is 0 Å². The molecule has 114 valence electrons. The van der Waals surface area contributed by atoms with Crippen LogP contribution in [0.1, 0.15) is 13.8 Å². The Morgan fingerprint density at radius 2 is 1.90 bits per heavy atom. The average molecular weight is 375 g/mol. The summed E-state index contributed by atoms with van der Waals surface area (Å²) in [7, 11) is -4.26. The van der Waals surface area contributed by atoms with Crippen molar-refractivity contribution in [2.75, 3.05) is 12.3 Å². The van der Waals surface area contributed by atoms with E-state index >= 15 is 0 Å². The molecule has 0 aliphatic heterocycles. The van der Waals surface area contributed by atoms with Gasteiger partial charge in [-0.1, -0.05) is 0 Å². The lowest BCUT2D eigenvalue weighted by Gasteiger charge is -2.27. The zero-order valence-corrected chi connectivity index (χ0v) is 13.2. The largest absolute Gasteiger partial charge is 0.402 e. The molecular formula is C11H14BrF3N2O2S. The fourth-order valence-electron chi connectivity index (χ4n) is 1.54. The number of nitrogen functional groups attached to an aromatic ring is 1. The molecule has 1 aromatic carbocycles. The number of halogens is 4. The van der Waals surface area contributed by atoms with Crippen molar-refractivity contribution in [3.8, 4) is 0 Å². The summed E-state index contributed by atoms with van der Waals surface area (Å²) in [6.45, 7) is 1.22. The van der Waals surface area contributed by atoms with E-state index in [1.807, 2.05) is 0 Å². The zero-order chi connectivity index (χ0) is 15.7. The highest BCUT2D eigenvalue weighted by molar-refractivity contribution is 9.10. The Kier molecular flexibility index (Phi) is 5.09. The Hall–Kier alpha value is -0.800. The molecule has 0 bridgehead atoms. The number of alkyl halides is 3. The van der Waals surface area contributed by atoms with Gasteiger partial charge in [-0.15, -0.1) is 0 Å². The lowest BCUT2D eigenvalue weighted by molar-refractivity contribution is -0.138. The van der Waals surface area contributed by atoms with Crippen molar-refractivity contribution in [2.24, 2.45) is 0 Å². The summed E-state index contributed by atoms with van der Waals surface area (Å²) in [6, 6.07) is 2.90. The first-order valence-electron chi connectivity index (χ1n) is 5.59. The van der Waals surface area contributed by atoms with Crippen LogP contribution in [-0.2, 0) is 10.0 Å². The molecule has 0 fully saturated rings. The predicted molar refractivity (Wildman–Crippen MR) is 73.6 cm³/mol. The molecule has 0 saturated heterocycles. The van der Waals surface area contributed by atoms with Crippen molar-refractivity contribution in [3.63, 3.8) is 0 Å². The van der Waals surface area contributed by atoms with Crippen LogP contribution in [0.2, 0.25) is 0 Å². The van der Waals surface area contributed by atoms with Crippen LogP contribution < -0.4 is 5.73 Å². The van der Waals surface area contributed by atoms with Crippen molar-refractivity contribution >= 4 is 31.6 Å². The van der Waals surface area contributed by atoms with Gasteiger partial charge in [-0.2, -0.15) is 17.5 Å². The van der Waals surface area contributed by atoms with Crippen molar-refractivity contribution in [1.82, 2.24) is 4.31 Å². The third-order valence-electron chi connectivity index (χ3n) is 2.49. The van der Waals surface area contributed by atoms with E-state index in [9.17, 15) is 21.6 Å². The number of nitrogens with two attached hydrogens (primary N) is 1. The molecule has 1 rings (SSSR count). The Balaban J connectivity index is 3.26.